The molecule has 3 rings (SSSR count). The van der Waals surface area contributed by atoms with E-state index in [0.717, 1.165) is 11.4 Å². The van der Waals surface area contributed by atoms with Gasteiger partial charge in [0.25, 0.3) is 5.91 Å². The van der Waals surface area contributed by atoms with Crippen LogP contribution in [0, 0.1) is 0 Å². The number of nitrogens with zero attached hydrogens (tertiary/aromatic N) is 4. The number of nitrogens with one attached hydrogen (secondary N) is 2. The fourth-order valence-electron chi connectivity index (χ4n) is 2.74. The molecule has 8 nitrogen and oxygen atoms in total. The van der Waals surface area contributed by atoms with E-state index >= 15 is 0 Å². The molecule has 0 aliphatic carbocycles. The number of primary amides is 1. The van der Waals surface area contributed by atoms with Crippen molar-refractivity contribution in [3.63, 3.8) is 0 Å². The number of carbonyl (C=O) groups excluding carboxylic acids is 1. The van der Waals surface area contributed by atoms with Gasteiger partial charge in [0.15, 0.2) is 0 Å². The molecule has 0 spiro atoms. The van der Waals surface area contributed by atoms with Crippen LogP contribution in [-0.4, -0.2) is 33.1 Å². The third kappa shape index (κ3) is 2.87. The monoisotopic (exact) mass is 313 g/mol. The van der Waals surface area contributed by atoms with Crippen LogP contribution >= 0.6 is 0 Å². The van der Waals surface area contributed by atoms with Crippen molar-refractivity contribution in [2.75, 3.05) is 15.5 Å². The van der Waals surface area contributed by atoms with Crippen LogP contribution in [0.2, 0.25) is 0 Å². The second-order valence-corrected chi connectivity index (χ2v) is 5.66. The summed E-state index contributed by atoms with van der Waals surface area (Å²) in [5.41, 5.74) is 7.27. The fraction of sp³-hybridized carbons (Fsp3) is 0.333. The molecular formula is C15H19N7O. The van der Waals surface area contributed by atoms with Gasteiger partial charge in [-0.2, -0.15) is 0 Å². The van der Waals surface area contributed by atoms with Gasteiger partial charge >= 0.3 is 0 Å². The highest BCUT2D eigenvalue weighted by Gasteiger charge is 2.27. The number of rotatable bonds is 4. The molecule has 1 aliphatic heterocycles. The number of aromatic nitrogens is 3. The topological polar surface area (TPSA) is 109 Å². The maximum Gasteiger partial charge on any atom is 0.286 e. The molecule has 1 amide bonds. The van der Waals surface area contributed by atoms with Crippen LogP contribution in [0.3, 0.4) is 0 Å². The molecule has 0 fully saturated rings. The van der Waals surface area contributed by atoms with Gasteiger partial charge in [-0.3, -0.25) is 4.79 Å². The number of nitrogens with two attached hydrogens (primary N) is 1. The Bertz CT molecular complexity index is 746. The van der Waals surface area contributed by atoms with Crippen LogP contribution in [0.1, 0.15) is 31.4 Å². The number of amides is 1. The zero-order chi connectivity index (χ0) is 16.6. The van der Waals surface area contributed by atoms with E-state index in [4.69, 9.17) is 5.73 Å². The predicted octanol–water partition coefficient (Wildman–Crippen LogP) is 1.70. The first-order valence-electron chi connectivity index (χ1n) is 7.40. The Labute approximate surface area is 134 Å². The summed E-state index contributed by atoms with van der Waals surface area (Å²) in [4.78, 5) is 25.7. The highest BCUT2D eigenvalue weighted by Crippen LogP contribution is 2.37. The predicted molar refractivity (Wildman–Crippen MR) is 88.8 cm³/mol. The standard InChI is InChI=1S/C15H19N7O/c1-8(2)22-9(3)19-10-7-18-13(6-11(10)22)20-12-4-5-17-15(21-12)14(16)23/h4-9,19H,1-3H3,(H2,16,23)(H,17,18,20,21). The van der Waals surface area contributed by atoms with E-state index in [1.54, 1.807) is 12.3 Å². The highest BCUT2D eigenvalue weighted by molar-refractivity contribution is 5.89. The highest BCUT2D eigenvalue weighted by atomic mass is 16.1. The van der Waals surface area contributed by atoms with Gasteiger partial charge in [-0.25, -0.2) is 15.0 Å². The lowest BCUT2D eigenvalue weighted by Crippen LogP contribution is -2.38. The first-order valence-corrected chi connectivity index (χ1v) is 7.40. The number of pyridine rings is 1. The van der Waals surface area contributed by atoms with Gasteiger partial charge in [0.05, 0.1) is 23.7 Å². The number of anilines is 4. The average Bonchev–Trinajstić information content (AvgIpc) is 2.82. The normalized spacial score (nSPS) is 16.2. The largest absolute Gasteiger partial charge is 0.363 e. The summed E-state index contributed by atoms with van der Waals surface area (Å²) >= 11 is 0. The second kappa shape index (κ2) is 5.71. The zero-order valence-corrected chi connectivity index (χ0v) is 13.2. The van der Waals surface area contributed by atoms with Crippen molar-refractivity contribution in [1.29, 1.82) is 0 Å². The molecular weight excluding hydrogens is 294 g/mol. The quantitative estimate of drug-likeness (QED) is 0.788. The van der Waals surface area contributed by atoms with E-state index < -0.39 is 5.91 Å². The van der Waals surface area contributed by atoms with Crippen LogP contribution in [0.5, 0.6) is 0 Å². The first-order chi connectivity index (χ1) is 11.0. The maximum absolute atomic E-state index is 11.2. The molecule has 3 heterocycles. The minimum atomic E-state index is -0.667. The van der Waals surface area contributed by atoms with Gasteiger partial charge in [-0.1, -0.05) is 0 Å². The van der Waals surface area contributed by atoms with Crippen molar-refractivity contribution in [2.24, 2.45) is 5.73 Å². The average molecular weight is 313 g/mol. The van der Waals surface area contributed by atoms with Crippen LogP contribution in [-0.2, 0) is 0 Å². The molecule has 1 atom stereocenters. The number of hydrogen-bond donors (Lipinski definition) is 3. The van der Waals surface area contributed by atoms with E-state index in [0.29, 0.717) is 17.7 Å². The minimum Gasteiger partial charge on any atom is -0.363 e. The Kier molecular flexibility index (Phi) is 3.73. The van der Waals surface area contributed by atoms with Gasteiger partial charge in [-0.05, 0) is 26.8 Å². The Hall–Kier alpha value is -2.90. The third-order valence-electron chi connectivity index (χ3n) is 3.63. The molecule has 0 aromatic carbocycles. The number of fused-ring (bicyclic) bond motifs is 1. The number of hydrogen-bond acceptors (Lipinski definition) is 7. The zero-order valence-electron chi connectivity index (χ0n) is 13.2. The van der Waals surface area contributed by atoms with Gasteiger partial charge in [0.1, 0.15) is 11.6 Å². The van der Waals surface area contributed by atoms with Crippen molar-refractivity contribution >= 4 is 28.9 Å². The summed E-state index contributed by atoms with van der Waals surface area (Å²) in [5.74, 6) is 0.408. The van der Waals surface area contributed by atoms with Crippen LogP contribution in [0.4, 0.5) is 23.0 Å². The molecule has 1 unspecified atom stereocenters. The van der Waals surface area contributed by atoms with Gasteiger partial charge in [0, 0.05) is 18.3 Å². The molecule has 2 aromatic heterocycles. The van der Waals surface area contributed by atoms with E-state index in [1.165, 1.54) is 6.20 Å². The Morgan fingerprint density at radius 1 is 1.39 bits per heavy atom. The Morgan fingerprint density at radius 3 is 2.87 bits per heavy atom. The molecule has 0 saturated heterocycles. The maximum atomic E-state index is 11.2. The van der Waals surface area contributed by atoms with Crippen molar-refractivity contribution in [3.8, 4) is 0 Å². The summed E-state index contributed by atoms with van der Waals surface area (Å²) < 4.78 is 0. The summed E-state index contributed by atoms with van der Waals surface area (Å²) in [6.45, 7) is 6.39. The van der Waals surface area contributed by atoms with Crippen molar-refractivity contribution in [1.82, 2.24) is 15.0 Å². The smallest absolute Gasteiger partial charge is 0.286 e. The van der Waals surface area contributed by atoms with Crippen molar-refractivity contribution in [3.05, 3.63) is 30.4 Å². The van der Waals surface area contributed by atoms with E-state index in [-0.39, 0.29) is 12.0 Å². The van der Waals surface area contributed by atoms with Crippen LogP contribution < -0.4 is 21.3 Å². The van der Waals surface area contributed by atoms with Gasteiger partial charge < -0.3 is 21.3 Å². The van der Waals surface area contributed by atoms with Gasteiger partial charge in [0.2, 0.25) is 5.82 Å². The molecule has 23 heavy (non-hydrogen) atoms. The third-order valence-corrected chi connectivity index (χ3v) is 3.63. The van der Waals surface area contributed by atoms with Crippen molar-refractivity contribution in [2.45, 2.75) is 33.0 Å². The minimum absolute atomic E-state index is 0.0322. The molecule has 0 saturated carbocycles. The number of carbonyl (C=O) groups is 1. The van der Waals surface area contributed by atoms with E-state index in [1.807, 2.05) is 6.07 Å². The molecule has 8 heteroatoms. The Morgan fingerprint density at radius 2 is 2.17 bits per heavy atom. The van der Waals surface area contributed by atoms with Crippen LogP contribution in [0.25, 0.3) is 0 Å². The lowest BCUT2D eigenvalue weighted by Gasteiger charge is -2.28. The molecule has 4 N–H and O–H groups in total. The fourth-order valence-corrected chi connectivity index (χ4v) is 2.74. The lowest BCUT2D eigenvalue weighted by molar-refractivity contribution is 0.0990. The summed E-state index contributed by atoms with van der Waals surface area (Å²) in [6, 6.07) is 3.97. The molecule has 0 radical (unpaired) electrons. The van der Waals surface area contributed by atoms with Crippen LogP contribution in [0.15, 0.2) is 24.5 Å². The van der Waals surface area contributed by atoms with E-state index in [2.05, 4.69) is 51.3 Å². The molecule has 2 aromatic rings. The molecule has 120 valence electrons. The SMILES string of the molecule is CC(C)N1c2cc(Nc3ccnc(C(N)=O)n3)ncc2NC1C. The van der Waals surface area contributed by atoms with Crippen molar-refractivity contribution < 1.29 is 4.79 Å². The van der Waals surface area contributed by atoms with Gasteiger partial charge in [-0.15, -0.1) is 0 Å². The van der Waals surface area contributed by atoms with E-state index in [9.17, 15) is 4.79 Å². The lowest BCUT2D eigenvalue weighted by atomic mass is 10.2. The summed E-state index contributed by atoms with van der Waals surface area (Å²) in [7, 11) is 0. The summed E-state index contributed by atoms with van der Waals surface area (Å²) in [5, 5.41) is 6.47. The first kappa shape index (κ1) is 15.0. The summed E-state index contributed by atoms with van der Waals surface area (Å²) in [6.07, 6.45) is 3.47. The Balaban J connectivity index is 1.88. The second-order valence-electron chi connectivity index (χ2n) is 5.66. The molecule has 0 bridgehead atoms. The molecule has 1 aliphatic rings.